The van der Waals surface area contributed by atoms with Crippen molar-refractivity contribution in [2.24, 2.45) is 0 Å². The van der Waals surface area contributed by atoms with Crippen molar-refractivity contribution < 1.29 is 19.2 Å². The van der Waals surface area contributed by atoms with Gasteiger partial charge in [0.1, 0.15) is 5.75 Å². The lowest BCUT2D eigenvalue weighted by molar-refractivity contribution is 0.0988. The van der Waals surface area contributed by atoms with Gasteiger partial charge in [-0.15, -0.1) is 0 Å². The molecule has 100 valence electrons. The van der Waals surface area contributed by atoms with Crippen LogP contribution in [0.25, 0.3) is 0 Å². The Labute approximate surface area is 110 Å². The summed E-state index contributed by atoms with van der Waals surface area (Å²) in [5.74, 6) is 0.327. The zero-order valence-electron chi connectivity index (χ0n) is 10.4. The molecule has 0 saturated carbocycles. The summed E-state index contributed by atoms with van der Waals surface area (Å²) in [5, 5.41) is 15.4. The first-order valence-electron chi connectivity index (χ1n) is 5.83. The summed E-state index contributed by atoms with van der Waals surface area (Å²) >= 11 is 0. The standard InChI is InChI=1S/C13H14N2O4/c1-2-18-11-4-3-10(7-9(11)8-16)15-13(17)12-5-6-14-19-12/h3-7,16H,2,8H2,1H3,(H,15,17). The zero-order valence-corrected chi connectivity index (χ0v) is 10.4. The highest BCUT2D eigenvalue weighted by Gasteiger charge is 2.11. The van der Waals surface area contributed by atoms with Crippen molar-refractivity contribution >= 4 is 11.6 Å². The summed E-state index contributed by atoms with van der Waals surface area (Å²) in [7, 11) is 0. The van der Waals surface area contributed by atoms with Gasteiger partial charge in [-0.1, -0.05) is 5.16 Å². The SMILES string of the molecule is CCOc1ccc(NC(=O)c2ccno2)cc1CO. The van der Waals surface area contributed by atoms with Crippen LogP contribution in [0.4, 0.5) is 5.69 Å². The minimum atomic E-state index is -0.398. The Morgan fingerprint density at radius 2 is 2.32 bits per heavy atom. The van der Waals surface area contributed by atoms with Gasteiger partial charge in [-0.05, 0) is 25.1 Å². The molecule has 1 aromatic heterocycles. The Kier molecular flexibility index (Phi) is 4.15. The maximum Gasteiger partial charge on any atom is 0.294 e. The molecule has 0 aliphatic rings. The molecule has 19 heavy (non-hydrogen) atoms. The second-order valence-corrected chi connectivity index (χ2v) is 3.74. The third-order valence-electron chi connectivity index (χ3n) is 2.45. The van der Waals surface area contributed by atoms with Gasteiger partial charge >= 0.3 is 0 Å². The molecule has 0 aliphatic heterocycles. The van der Waals surface area contributed by atoms with Gasteiger partial charge < -0.3 is 19.7 Å². The summed E-state index contributed by atoms with van der Waals surface area (Å²) in [6.07, 6.45) is 1.40. The second-order valence-electron chi connectivity index (χ2n) is 3.74. The van der Waals surface area contributed by atoms with E-state index in [9.17, 15) is 9.90 Å². The number of aliphatic hydroxyl groups excluding tert-OH is 1. The average Bonchev–Trinajstić information content (AvgIpc) is 2.94. The van der Waals surface area contributed by atoms with Crippen LogP contribution in [0.5, 0.6) is 5.75 Å². The van der Waals surface area contributed by atoms with E-state index in [1.54, 1.807) is 18.2 Å². The summed E-state index contributed by atoms with van der Waals surface area (Å²) in [6.45, 7) is 2.21. The van der Waals surface area contributed by atoms with Crippen LogP contribution in [0.15, 0.2) is 35.0 Å². The summed E-state index contributed by atoms with van der Waals surface area (Å²) < 4.78 is 10.1. The number of nitrogens with one attached hydrogen (secondary N) is 1. The second kappa shape index (κ2) is 6.01. The quantitative estimate of drug-likeness (QED) is 0.858. The lowest BCUT2D eigenvalue weighted by Crippen LogP contribution is -2.11. The van der Waals surface area contributed by atoms with Gasteiger partial charge in [0.25, 0.3) is 5.91 Å². The number of ether oxygens (including phenoxy) is 1. The van der Waals surface area contributed by atoms with E-state index < -0.39 is 5.91 Å². The molecular formula is C13H14N2O4. The number of carbonyl (C=O) groups is 1. The van der Waals surface area contributed by atoms with Gasteiger partial charge in [0.05, 0.1) is 19.4 Å². The molecule has 0 bridgehead atoms. The maximum absolute atomic E-state index is 11.7. The van der Waals surface area contributed by atoms with E-state index in [0.717, 1.165) is 0 Å². The van der Waals surface area contributed by atoms with E-state index in [1.807, 2.05) is 6.92 Å². The van der Waals surface area contributed by atoms with Crippen LogP contribution in [0.3, 0.4) is 0 Å². The van der Waals surface area contributed by atoms with Gasteiger partial charge in [0.2, 0.25) is 5.76 Å². The Morgan fingerprint density at radius 1 is 1.47 bits per heavy atom. The molecule has 0 radical (unpaired) electrons. The molecule has 0 spiro atoms. The number of aliphatic hydroxyl groups is 1. The van der Waals surface area contributed by atoms with Crippen LogP contribution in [0, 0.1) is 0 Å². The summed E-state index contributed by atoms with van der Waals surface area (Å²) in [4.78, 5) is 11.7. The summed E-state index contributed by atoms with van der Waals surface area (Å²) in [6, 6.07) is 6.51. The first kappa shape index (κ1) is 13.1. The molecule has 2 N–H and O–H groups in total. The normalized spacial score (nSPS) is 10.2. The van der Waals surface area contributed by atoms with E-state index in [4.69, 9.17) is 9.26 Å². The number of rotatable bonds is 5. The van der Waals surface area contributed by atoms with Crippen molar-refractivity contribution in [2.75, 3.05) is 11.9 Å². The van der Waals surface area contributed by atoms with E-state index in [2.05, 4.69) is 10.5 Å². The van der Waals surface area contributed by atoms with E-state index in [1.165, 1.54) is 12.3 Å². The highest BCUT2D eigenvalue weighted by atomic mass is 16.5. The van der Waals surface area contributed by atoms with Crippen molar-refractivity contribution in [2.45, 2.75) is 13.5 Å². The highest BCUT2D eigenvalue weighted by molar-refractivity contribution is 6.02. The van der Waals surface area contributed by atoms with E-state index >= 15 is 0 Å². The number of benzene rings is 1. The molecule has 1 heterocycles. The molecule has 2 aromatic rings. The molecule has 0 unspecified atom stereocenters. The van der Waals surface area contributed by atoms with Gasteiger partial charge in [-0.2, -0.15) is 0 Å². The van der Waals surface area contributed by atoms with Crippen molar-refractivity contribution in [1.29, 1.82) is 0 Å². The molecule has 1 aromatic carbocycles. The number of nitrogens with zero attached hydrogens (tertiary/aromatic N) is 1. The van der Waals surface area contributed by atoms with Crippen molar-refractivity contribution in [3.63, 3.8) is 0 Å². The largest absolute Gasteiger partial charge is 0.494 e. The predicted octanol–water partition coefficient (Wildman–Crippen LogP) is 1.82. The Balaban J connectivity index is 2.15. The van der Waals surface area contributed by atoms with Crippen LogP contribution >= 0.6 is 0 Å². The minimum absolute atomic E-state index is 0.124. The number of aromatic nitrogens is 1. The van der Waals surface area contributed by atoms with Gasteiger partial charge in [-0.3, -0.25) is 4.79 Å². The Hall–Kier alpha value is -2.34. The number of carbonyl (C=O) groups excluding carboxylic acids is 1. The molecule has 6 heteroatoms. The Morgan fingerprint density at radius 3 is 2.95 bits per heavy atom. The molecule has 0 fully saturated rings. The molecule has 0 atom stereocenters. The highest BCUT2D eigenvalue weighted by Crippen LogP contribution is 2.23. The zero-order chi connectivity index (χ0) is 13.7. The third kappa shape index (κ3) is 3.11. The van der Waals surface area contributed by atoms with Gasteiger partial charge in [0, 0.05) is 17.3 Å². The third-order valence-corrected chi connectivity index (χ3v) is 2.45. The first-order chi connectivity index (χ1) is 9.24. The fraction of sp³-hybridized carbons (Fsp3) is 0.231. The lowest BCUT2D eigenvalue weighted by Gasteiger charge is -2.10. The molecule has 6 nitrogen and oxygen atoms in total. The van der Waals surface area contributed by atoms with Crippen molar-refractivity contribution in [3.05, 3.63) is 41.8 Å². The number of anilines is 1. The van der Waals surface area contributed by atoms with Crippen LogP contribution in [-0.2, 0) is 6.61 Å². The fourth-order valence-electron chi connectivity index (χ4n) is 1.60. The Bertz CT molecular complexity index is 552. The minimum Gasteiger partial charge on any atom is -0.494 e. The molecule has 0 saturated heterocycles. The average molecular weight is 262 g/mol. The van der Waals surface area contributed by atoms with Crippen LogP contribution in [-0.4, -0.2) is 22.8 Å². The topological polar surface area (TPSA) is 84.6 Å². The number of hydrogen-bond donors (Lipinski definition) is 2. The fourth-order valence-corrected chi connectivity index (χ4v) is 1.60. The van der Waals surface area contributed by atoms with Gasteiger partial charge in [0.15, 0.2) is 0 Å². The predicted molar refractivity (Wildman–Crippen MR) is 68.0 cm³/mol. The summed E-state index contributed by atoms with van der Waals surface area (Å²) in [5.41, 5.74) is 1.16. The van der Waals surface area contributed by atoms with E-state index in [0.29, 0.717) is 23.6 Å². The van der Waals surface area contributed by atoms with Crippen LogP contribution in [0.1, 0.15) is 23.0 Å². The maximum atomic E-state index is 11.7. The number of hydrogen-bond acceptors (Lipinski definition) is 5. The molecule has 1 amide bonds. The smallest absolute Gasteiger partial charge is 0.294 e. The number of amides is 1. The first-order valence-corrected chi connectivity index (χ1v) is 5.83. The van der Waals surface area contributed by atoms with Crippen molar-refractivity contribution in [1.82, 2.24) is 5.16 Å². The van der Waals surface area contributed by atoms with Crippen LogP contribution < -0.4 is 10.1 Å². The monoisotopic (exact) mass is 262 g/mol. The van der Waals surface area contributed by atoms with E-state index in [-0.39, 0.29) is 12.4 Å². The molecule has 2 rings (SSSR count). The van der Waals surface area contributed by atoms with Gasteiger partial charge in [-0.25, -0.2) is 0 Å². The molecule has 0 aliphatic carbocycles. The molecular weight excluding hydrogens is 248 g/mol. The van der Waals surface area contributed by atoms with Crippen molar-refractivity contribution in [3.8, 4) is 5.75 Å². The lowest BCUT2D eigenvalue weighted by atomic mass is 10.2. The van der Waals surface area contributed by atoms with Crippen LogP contribution in [0.2, 0.25) is 0 Å².